The molecule has 1 atom stereocenters. The maximum absolute atomic E-state index is 9.21. The molecule has 6 heteroatoms. The van der Waals surface area contributed by atoms with Crippen molar-refractivity contribution in [2.24, 2.45) is 0 Å². The number of hydrogen-bond donors (Lipinski definition) is 2. The quantitative estimate of drug-likeness (QED) is 0.732. The molecule has 0 aliphatic rings. The topological polar surface area (TPSA) is 74.7 Å². The first-order valence-electron chi connectivity index (χ1n) is 7.18. The number of thiazole rings is 1. The van der Waals surface area contributed by atoms with Gasteiger partial charge in [0.25, 0.3) is 0 Å². The molecule has 2 N–H and O–H groups in total. The monoisotopic (exact) mass is 302 g/mol. The van der Waals surface area contributed by atoms with Gasteiger partial charge in [-0.25, -0.2) is 15.0 Å². The molecular weight excluding hydrogens is 284 g/mol. The molecule has 0 aromatic carbocycles. The van der Waals surface area contributed by atoms with Gasteiger partial charge in [0.1, 0.15) is 12.0 Å². The number of nitrogens with one attached hydrogen (secondary N) is 1. The van der Waals surface area contributed by atoms with Gasteiger partial charge in [-0.1, -0.05) is 13.3 Å². The van der Waals surface area contributed by atoms with Crippen LogP contribution in [0.5, 0.6) is 0 Å². The zero-order valence-corrected chi connectivity index (χ0v) is 12.7. The van der Waals surface area contributed by atoms with Crippen molar-refractivity contribution in [1.29, 1.82) is 0 Å². The fraction of sp³-hybridized carbons (Fsp3) is 0.400. The third-order valence-corrected chi connectivity index (χ3v) is 4.74. The number of aliphatic hydroxyl groups excluding tert-OH is 1. The predicted octanol–water partition coefficient (Wildman–Crippen LogP) is 3.35. The molecule has 3 aromatic heterocycles. The maximum Gasteiger partial charge on any atom is 0.141 e. The van der Waals surface area contributed by atoms with Gasteiger partial charge in [-0.05, 0) is 18.9 Å². The van der Waals surface area contributed by atoms with Crippen LogP contribution < -0.4 is 0 Å². The number of rotatable bonds is 6. The van der Waals surface area contributed by atoms with Gasteiger partial charge in [-0.15, -0.1) is 11.3 Å². The molecule has 0 saturated carbocycles. The second-order valence-electron chi connectivity index (χ2n) is 5.02. The van der Waals surface area contributed by atoms with Crippen molar-refractivity contribution in [1.82, 2.24) is 19.9 Å². The Bertz CT molecular complexity index is 715. The van der Waals surface area contributed by atoms with E-state index >= 15 is 0 Å². The van der Waals surface area contributed by atoms with Gasteiger partial charge in [0, 0.05) is 30.3 Å². The summed E-state index contributed by atoms with van der Waals surface area (Å²) in [6.45, 7) is 2.36. The Labute approximate surface area is 127 Å². The molecule has 5 nitrogen and oxygen atoms in total. The van der Waals surface area contributed by atoms with Crippen LogP contribution in [-0.2, 0) is 0 Å². The zero-order chi connectivity index (χ0) is 14.7. The first-order valence-corrected chi connectivity index (χ1v) is 8.00. The Morgan fingerprint density at radius 2 is 2.19 bits per heavy atom. The molecule has 0 fully saturated rings. The molecule has 110 valence electrons. The van der Waals surface area contributed by atoms with E-state index in [4.69, 9.17) is 0 Å². The molecule has 0 bridgehead atoms. The minimum atomic E-state index is 0.204. The summed E-state index contributed by atoms with van der Waals surface area (Å²) < 4.78 is 0. The summed E-state index contributed by atoms with van der Waals surface area (Å²) in [5.74, 6) is 0.335. The van der Waals surface area contributed by atoms with Gasteiger partial charge in [-0.3, -0.25) is 0 Å². The summed E-state index contributed by atoms with van der Waals surface area (Å²) in [5, 5.41) is 11.3. The van der Waals surface area contributed by atoms with E-state index < -0.39 is 0 Å². The Hall–Kier alpha value is -1.79. The maximum atomic E-state index is 9.21. The van der Waals surface area contributed by atoms with E-state index in [0.29, 0.717) is 5.92 Å². The number of nitrogens with zero attached hydrogens (tertiary/aromatic N) is 3. The van der Waals surface area contributed by atoms with Crippen LogP contribution in [0.4, 0.5) is 0 Å². The van der Waals surface area contributed by atoms with Gasteiger partial charge in [0.2, 0.25) is 0 Å². The molecule has 1 unspecified atom stereocenters. The van der Waals surface area contributed by atoms with E-state index in [1.165, 1.54) is 0 Å². The molecule has 21 heavy (non-hydrogen) atoms. The SMILES string of the molecule is CCCC(CCO)c1ncc(-c2ncnc3[nH]ccc23)s1. The number of fused-ring (bicyclic) bond motifs is 1. The van der Waals surface area contributed by atoms with Crippen LogP contribution in [0, 0.1) is 0 Å². The first kappa shape index (κ1) is 14.2. The lowest BCUT2D eigenvalue weighted by Gasteiger charge is -2.10. The van der Waals surface area contributed by atoms with Crippen molar-refractivity contribution in [2.75, 3.05) is 6.61 Å². The molecule has 3 heterocycles. The second kappa shape index (κ2) is 6.32. The van der Waals surface area contributed by atoms with Gasteiger partial charge in [0.15, 0.2) is 0 Å². The summed E-state index contributed by atoms with van der Waals surface area (Å²) >= 11 is 1.67. The lowest BCUT2D eigenvalue weighted by Crippen LogP contribution is -2.00. The third-order valence-electron chi connectivity index (χ3n) is 3.57. The number of hydrogen-bond acceptors (Lipinski definition) is 5. The summed E-state index contributed by atoms with van der Waals surface area (Å²) in [4.78, 5) is 17.3. The lowest BCUT2D eigenvalue weighted by atomic mass is 10.0. The average molecular weight is 302 g/mol. The number of H-pyrrole nitrogens is 1. The van der Waals surface area contributed by atoms with Crippen molar-refractivity contribution in [3.63, 3.8) is 0 Å². The number of aromatic nitrogens is 4. The fourth-order valence-corrected chi connectivity index (χ4v) is 3.65. The standard InChI is InChI=1S/C15H18N4OS/c1-2-3-10(5-7-20)15-17-8-12(21-15)13-11-4-6-16-14(11)19-9-18-13/h4,6,8-10,20H,2-3,5,7H2,1H3,(H,16,18,19). The van der Waals surface area contributed by atoms with Crippen molar-refractivity contribution in [2.45, 2.75) is 32.1 Å². The highest BCUT2D eigenvalue weighted by molar-refractivity contribution is 7.15. The molecule has 0 aliphatic heterocycles. The van der Waals surface area contributed by atoms with Crippen molar-refractivity contribution < 1.29 is 5.11 Å². The van der Waals surface area contributed by atoms with E-state index in [9.17, 15) is 5.11 Å². The Morgan fingerprint density at radius 1 is 1.29 bits per heavy atom. The average Bonchev–Trinajstić information content (AvgIpc) is 3.15. The van der Waals surface area contributed by atoms with Crippen LogP contribution in [-0.4, -0.2) is 31.6 Å². The van der Waals surface area contributed by atoms with Crippen molar-refractivity contribution >= 4 is 22.4 Å². The van der Waals surface area contributed by atoms with Crippen LogP contribution in [0.1, 0.15) is 37.1 Å². The summed E-state index contributed by atoms with van der Waals surface area (Å²) in [7, 11) is 0. The molecule has 0 aliphatic carbocycles. The highest BCUT2D eigenvalue weighted by Crippen LogP contribution is 2.34. The molecule has 3 rings (SSSR count). The molecule has 0 saturated heterocycles. The normalized spacial score (nSPS) is 12.9. The van der Waals surface area contributed by atoms with E-state index in [-0.39, 0.29) is 6.61 Å². The van der Waals surface area contributed by atoms with E-state index in [1.54, 1.807) is 17.7 Å². The zero-order valence-electron chi connectivity index (χ0n) is 11.9. The van der Waals surface area contributed by atoms with E-state index in [2.05, 4.69) is 26.9 Å². The van der Waals surface area contributed by atoms with Crippen LogP contribution in [0.3, 0.4) is 0 Å². The molecule has 3 aromatic rings. The predicted molar refractivity (Wildman–Crippen MR) is 84.3 cm³/mol. The van der Waals surface area contributed by atoms with Gasteiger partial charge >= 0.3 is 0 Å². The Kier molecular flexibility index (Phi) is 4.26. The largest absolute Gasteiger partial charge is 0.396 e. The van der Waals surface area contributed by atoms with Crippen molar-refractivity contribution in [3.05, 3.63) is 29.8 Å². The summed E-state index contributed by atoms with van der Waals surface area (Å²) in [6, 6.07) is 1.99. The minimum absolute atomic E-state index is 0.204. The van der Waals surface area contributed by atoms with Crippen LogP contribution in [0.2, 0.25) is 0 Å². The third kappa shape index (κ3) is 2.82. The summed E-state index contributed by atoms with van der Waals surface area (Å²) in [5.41, 5.74) is 1.76. The lowest BCUT2D eigenvalue weighted by molar-refractivity contribution is 0.272. The summed E-state index contributed by atoms with van der Waals surface area (Å²) in [6.07, 6.45) is 8.24. The highest BCUT2D eigenvalue weighted by atomic mass is 32.1. The van der Waals surface area contributed by atoms with Crippen molar-refractivity contribution in [3.8, 4) is 10.6 Å². The molecule has 0 radical (unpaired) electrons. The molecular formula is C15H18N4OS. The van der Waals surface area contributed by atoms with Crippen LogP contribution in [0.15, 0.2) is 24.8 Å². The van der Waals surface area contributed by atoms with E-state index in [0.717, 1.165) is 45.9 Å². The van der Waals surface area contributed by atoms with Gasteiger partial charge in [-0.2, -0.15) is 0 Å². The highest BCUT2D eigenvalue weighted by Gasteiger charge is 2.17. The van der Waals surface area contributed by atoms with Gasteiger partial charge < -0.3 is 10.1 Å². The Balaban J connectivity index is 1.95. The Morgan fingerprint density at radius 3 is 3.00 bits per heavy atom. The number of aromatic amines is 1. The van der Waals surface area contributed by atoms with Gasteiger partial charge in [0.05, 0.1) is 15.6 Å². The van der Waals surface area contributed by atoms with Crippen LogP contribution >= 0.6 is 11.3 Å². The molecule has 0 amide bonds. The van der Waals surface area contributed by atoms with Crippen LogP contribution in [0.25, 0.3) is 21.6 Å². The van der Waals surface area contributed by atoms with E-state index in [1.807, 2.05) is 18.5 Å². The number of aliphatic hydroxyl groups is 1. The smallest absolute Gasteiger partial charge is 0.141 e. The molecule has 0 spiro atoms. The fourth-order valence-electron chi connectivity index (χ4n) is 2.55. The minimum Gasteiger partial charge on any atom is -0.396 e. The first-order chi connectivity index (χ1) is 10.3. The second-order valence-corrected chi connectivity index (χ2v) is 6.09.